The van der Waals surface area contributed by atoms with E-state index in [9.17, 15) is 18.0 Å². The van der Waals surface area contributed by atoms with Crippen molar-refractivity contribution in [1.82, 2.24) is 19.0 Å². The van der Waals surface area contributed by atoms with Crippen LogP contribution in [0.5, 0.6) is 0 Å². The number of nitrogens with zero attached hydrogens (tertiary/aromatic N) is 4. The van der Waals surface area contributed by atoms with Crippen LogP contribution in [0.2, 0.25) is 5.02 Å². The van der Waals surface area contributed by atoms with Crippen LogP contribution in [0.4, 0.5) is 0 Å². The van der Waals surface area contributed by atoms with Crippen molar-refractivity contribution in [2.45, 2.75) is 6.42 Å². The third kappa shape index (κ3) is 5.91. The van der Waals surface area contributed by atoms with E-state index in [0.29, 0.717) is 63.9 Å². The Morgan fingerprint density at radius 2 is 1.45 bits per heavy atom. The van der Waals surface area contributed by atoms with Crippen LogP contribution >= 0.6 is 11.6 Å². The van der Waals surface area contributed by atoms with E-state index in [1.165, 1.54) is 10.6 Å². The molecule has 0 unspecified atom stereocenters. The van der Waals surface area contributed by atoms with Crippen LogP contribution in [0.3, 0.4) is 0 Å². The first-order valence-electron chi connectivity index (χ1n) is 9.70. The van der Waals surface area contributed by atoms with E-state index in [-0.39, 0.29) is 18.2 Å². The SMILES string of the molecule is CS(=O)(=O)N1CCN(C(=O)CN2CCN(C(=O)Cc3ccccc3Cl)CC2)CC1. The summed E-state index contributed by atoms with van der Waals surface area (Å²) in [5, 5.41) is 0.598. The molecule has 2 saturated heterocycles. The van der Waals surface area contributed by atoms with Crippen molar-refractivity contribution in [3.05, 3.63) is 34.9 Å². The summed E-state index contributed by atoms with van der Waals surface area (Å²) in [6, 6.07) is 7.35. The Morgan fingerprint density at radius 3 is 2.03 bits per heavy atom. The summed E-state index contributed by atoms with van der Waals surface area (Å²) in [7, 11) is -3.20. The normalized spacial score (nSPS) is 19.4. The maximum atomic E-state index is 12.5. The molecule has 8 nitrogen and oxygen atoms in total. The van der Waals surface area contributed by atoms with Gasteiger partial charge in [-0.3, -0.25) is 14.5 Å². The molecule has 2 fully saturated rings. The zero-order valence-corrected chi connectivity index (χ0v) is 18.2. The monoisotopic (exact) mass is 442 g/mol. The number of sulfonamides is 1. The summed E-state index contributed by atoms with van der Waals surface area (Å²) < 4.78 is 24.6. The van der Waals surface area contributed by atoms with Gasteiger partial charge in [0.1, 0.15) is 0 Å². The smallest absolute Gasteiger partial charge is 0.236 e. The average molecular weight is 443 g/mol. The molecule has 29 heavy (non-hydrogen) atoms. The van der Waals surface area contributed by atoms with Crippen molar-refractivity contribution >= 4 is 33.4 Å². The largest absolute Gasteiger partial charge is 0.340 e. The predicted molar refractivity (Wildman–Crippen MR) is 111 cm³/mol. The van der Waals surface area contributed by atoms with Gasteiger partial charge in [0.25, 0.3) is 0 Å². The fraction of sp³-hybridized carbons (Fsp3) is 0.579. The first-order chi connectivity index (χ1) is 13.7. The average Bonchev–Trinajstić information content (AvgIpc) is 2.69. The molecule has 0 bridgehead atoms. The van der Waals surface area contributed by atoms with Crippen LogP contribution in [0.1, 0.15) is 5.56 Å². The number of amides is 2. The number of rotatable bonds is 5. The first-order valence-corrected chi connectivity index (χ1v) is 11.9. The van der Waals surface area contributed by atoms with Crippen LogP contribution < -0.4 is 0 Å². The Bertz CT molecular complexity index is 848. The lowest BCUT2D eigenvalue weighted by atomic mass is 10.1. The number of carbonyl (C=O) groups excluding carboxylic acids is 2. The van der Waals surface area contributed by atoms with E-state index in [0.717, 1.165) is 5.56 Å². The molecular weight excluding hydrogens is 416 g/mol. The fourth-order valence-electron chi connectivity index (χ4n) is 3.63. The Hall–Kier alpha value is -1.68. The van der Waals surface area contributed by atoms with Crippen molar-refractivity contribution in [3.8, 4) is 0 Å². The molecule has 0 atom stereocenters. The fourth-order valence-corrected chi connectivity index (χ4v) is 4.66. The molecule has 0 aliphatic carbocycles. The van der Waals surface area contributed by atoms with Gasteiger partial charge in [-0.15, -0.1) is 0 Å². The zero-order valence-electron chi connectivity index (χ0n) is 16.6. The van der Waals surface area contributed by atoms with Gasteiger partial charge in [-0.2, -0.15) is 4.31 Å². The molecule has 0 spiro atoms. The number of hydrogen-bond donors (Lipinski definition) is 0. The minimum Gasteiger partial charge on any atom is -0.340 e. The summed E-state index contributed by atoms with van der Waals surface area (Å²) >= 11 is 6.14. The lowest BCUT2D eigenvalue weighted by Gasteiger charge is -2.37. The highest BCUT2D eigenvalue weighted by molar-refractivity contribution is 7.88. The maximum Gasteiger partial charge on any atom is 0.236 e. The molecular formula is C19H27ClN4O4S. The Labute approximate surface area is 177 Å². The van der Waals surface area contributed by atoms with Gasteiger partial charge < -0.3 is 9.80 Å². The third-order valence-corrected chi connectivity index (χ3v) is 7.12. The van der Waals surface area contributed by atoms with E-state index < -0.39 is 10.0 Å². The highest BCUT2D eigenvalue weighted by Crippen LogP contribution is 2.17. The topological polar surface area (TPSA) is 81.2 Å². The Balaban J connectivity index is 1.42. The van der Waals surface area contributed by atoms with Gasteiger partial charge in [0.15, 0.2) is 0 Å². The van der Waals surface area contributed by atoms with Crippen LogP contribution in [-0.4, -0.2) is 104 Å². The molecule has 1 aromatic rings. The molecule has 3 rings (SSSR count). The van der Waals surface area contributed by atoms with Gasteiger partial charge in [0.2, 0.25) is 21.8 Å². The molecule has 2 aliphatic heterocycles. The number of halogens is 1. The van der Waals surface area contributed by atoms with E-state index in [1.807, 2.05) is 28.0 Å². The molecule has 0 N–H and O–H groups in total. The summed E-state index contributed by atoms with van der Waals surface area (Å²) in [5.74, 6) is 0.0509. The zero-order chi connectivity index (χ0) is 21.0. The number of hydrogen-bond acceptors (Lipinski definition) is 5. The molecule has 2 heterocycles. The van der Waals surface area contributed by atoms with Crippen molar-refractivity contribution in [2.75, 3.05) is 65.2 Å². The van der Waals surface area contributed by atoms with E-state index >= 15 is 0 Å². The van der Waals surface area contributed by atoms with Gasteiger partial charge in [-0.25, -0.2) is 8.42 Å². The minimum atomic E-state index is -3.20. The maximum absolute atomic E-state index is 12.5. The highest BCUT2D eigenvalue weighted by atomic mass is 35.5. The van der Waals surface area contributed by atoms with E-state index in [1.54, 1.807) is 11.0 Å². The molecule has 0 radical (unpaired) electrons. The summed E-state index contributed by atoms with van der Waals surface area (Å²) in [6.45, 7) is 4.27. The van der Waals surface area contributed by atoms with Gasteiger partial charge in [0.05, 0.1) is 19.2 Å². The van der Waals surface area contributed by atoms with Crippen LogP contribution in [0, 0.1) is 0 Å². The van der Waals surface area contributed by atoms with Crippen molar-refractivity contribution in [1.29, 1.82) is 0 Å². The Morgan fingerprint density at radius 1 is 0.897 bits per heavy atom. The number of piperazine rings is 2. The molecule has 0 saturated carbocycles. The van der Waals surface area contributed by atoms with Crippen molar-refractivity contribution < 1.29 is 18.0 Å². The van der Waals surface area contributed by atoms with Crippen molar-refractivity contribution in [2.24, 2.45) is 0 Å². The molecule has 0 aromatic heterocycles. The number of benzene rings is 1. The lowest BCUT2D eigenvalue weighted by molar-refractivity contribution is -0.135. The van der Waals surface area contributed by atoms with Gasteiger partial charge in [-0.05, 0) is 11.6 Å². The van der Waals surface area contributed by atoms with Crippen LogP contribution in [0.15, 0.2) is 24.3 Å². The summed E-state index contributed by atoms with van der Waals surface area (Å²) in [5.41, 5.74) is 0.824. The quantitative estimate of drug-likeness (QED) is 0.647. The number of carbonyl (C=O) groups is 2. The predicted octanol–water partition coefficient (Wildman–Crippen LogP) is 0.131. The molecule has 1 aromatic carbocycles. The van der Waals surface area contributed by atoms with Gasteiger partial charge in [-0.1, -0.05) is 29.8 Å². The van der Waals surface area contributed by atoms with E-state index in [2.05, 4.69) is 0 Å². The second-order valence-electron chi connectivity index (χ2n) is 7.47. The summed E-state index contributed by atoms with van der Waals surface area (Å²) in [4.78, 5) is 30.6. The van der Waals surface area contributed by atoms with E-state index in [4.69, 9.17) is 11.6 Å². The lowest BCUT2D eigenvalue weighted by Crippen LogP contribution is -2.55. The first kappa shape index (κ1) is 22.0. The highest BCUT2D eigenvalue weighted by Gasteiger charge is 2.28. The molecule has 10 heteroatoms. The van der Waals surface area contributed by atoms with Gasteiger partial charge >= 0.3 is 0 Å². The third-order valence-electron chi connectivity index (χ3n) is 5.44. The van der Waals surface area contributed by atoms with Crippen molar-refractivity contribution in [3.63, 3.8) is 0 Å². The van der Waals surface area contributed by atoms with Gasteiger partial charge in [0, 0.05) is 57.4 Å². The molecule has 2 amide bonds. The minimum absolute atomic E-state index is 0.00833. The molecule has 2 aliphatic rings. The Kier molecular flexibility index (Phi) is 7.15. The second-order valence-corrected chi connectivity index (χ2v) is 9.86. The molecule has 160 valence electrons. The second kappa shape index (κ2) is 9.42. The summed E-state index contributed by atoms with van der Waals surface area (Å²) in [6.07, 6.45) is 1.47. The standard InChI is InChI=1S/C19H27ClN4O4S/c1-29(27,28)24-12-10-23(11-13-24)19(26)15-21-6-8-22(9-7-21)18(25)14-16-4-2-3-5-17(16)20/h2-5H,6-15H2,1H3. The van der Waals surface area contributed by atoms with Crippen LogP contribution in [-0.2, 0) is 26.0 Å². The van der Waals surface area contributed by atoms with Crippen LogP contribution in [0.25, 0.3) is 0 Å².